The number of nitrogens with one attached hydrogen (secondary N) is 1. The maximum Gasteiger partial charge on any atom is 0.256 e. The highest BCUT2D eigenvalue weighted by molar-refractivity contribution is 5.95. The van der Waals surface area contributed by atoms with E-state index in [2.05, 4.69) is 26.7 Å². The lowest BCUT2D eigenvalue weighted by Gasteiger charge is -2.13. The SMILES string of the molecule is CCc1nc(-c2ccc3c(c2)CCC3NC(=O)c2cnoc2C)no1. The average Bonchev–Trinajstić information content (AvgIpc) is 3.34. The van der Waals surface area contributed by atoms with Crippen molar-refractivity contribution in [2.24, 2.45) is 0 Å². The molecule has 0 radical (unpaired) electrons. The van der Waals surface area contributed by atoms with E-state index in [0.717, 1.165) is 24.0 Å². The number of benzene rings is 1. The van der Waals surface area contributed by atoms with Crippen LogP contribution in [0.5, 0.6) is 0 Å². The zero-order chi connectivity index (χ0) is 17.4. The molecular formula is C18H18N4O3. The summed E-state index contributed by atoms with van der Waals surface area (Å²) in [6.45, 7) is 3.71. The van der Waals surface area contributed by atoms with Gasteiger partial charge in [0.05, 0.1) is 12.2 Å². The molecule has 128 valence electrons. The minimum Gasteiger partial charge on any atom is -0.361 e. The minimum atomic E-state index is -0.161. The van der Waals surface area contributed by atoms with Crippen LogP contribution >= 0.6 is 0 Å². The number of aryl methyl sites for hydroxylation is 3. The van der Waals surface area contributed by atoms with Crippen LogP contribution in [0.1, 0.15) is 52.5 Å². The van der Waals surface area contributed by atoms with Crippen molar-refractivity contribution < 1.29 is 13.8 Å². The molecule has 1 aliphatic carbocycles. The standard InChI is InChI=1S/C18H18N4O3/c1-3-16-21-17(22-25-16)12-4-6-13-11(8-12)5-7-15(13)20-18(23)14-9-19-24-10(14)2/h4,6,8-9,15H,3,5,7H2,1-2H3,(H,20,23). The van der Waals surface area contributed by atoms with Crippen LogP contribution in [0.3, 0.4) is 0 Å². The topological polar surface area (TPSA) is 94.1 Å². The van der Waals surface area contributed by atoms with Gasteiger partial charge in [-0.1, -0.05) is 29.4 Å². The van der Waals surface area contributed by atoms with Gasteiger partial charge in [0.25, 0.3) is 5.91 Å². The van der Waals surface area contributed by atoms with Crippen LogP contribution in [0.2, 0.25) is 0 Å². The van der Waals surface area contributed by atoms with E-state index in [1.54, 1.807) is 6.92 Å². The van der Waals surface area contributed by atoms with Gasteiger partial charge in [-0.2, -0.15) is 4.98 Å². The highest BCUT2D eigenvalue weighted by atomic mass is 16.5. The van der Waals surface area contributed by atoms with E-state index in [9.17, 15) is 4.79 Å². The molecule has 25 heavy (non-hydrogen) atoms. The van der Waals surface area contributed by atoms with Crippen molar-refractivity contribution in [3.05, 3.63) is 52.7 Å². The highest BCUT2D eigenvalue weighted by Gasteiger charge is 2.26. The maximum absolute atomic E-state index is 12.4. The third-order valence-electron chi connectivity index (χ3n) is 4.55. The summed E-state index contributed by atoms with van der Waals surface area (Å²) < 4.78 is 10.1. The smallest absolute Gasteiger partial charge is 0.256 e. The van der Waals surface area contributed by atoms with Crippen molar-refractivity contribution in [1.82, 2.24) is 20.6 Å². The Hall–Kier alpha value is -2.96. The molecule has 1 amide bonds. The molecule has 1 aliphatic rings. The van der Waals surface area contributed by atoms with E-state index < -0.39 is 0 Å². The van der Waals surface area contributed by atoms with Gasteiger partial charge in [0.2, 0.25) is 11.7 Å². The molecule has 7 heteroatoms. The van der Waals surface area contributed by atoms with E-state index in [0.29, 0.717) is 29.5 Å². The van der Waals surface area contributed by atoms with Crippen LogP contribution < -0.4 is 5.32 Å². The molecule has 0 fully saturated rings. The molecule has 0 bridgehead atoms. The number of amides is 1. The summed E-state index contributed by atoms with van der Waals surface area (Å²) >= 11 is 0. The van der Waals surface area contributed by atoms with Crippen molar-refractivity contribution >= 4 is 5.91 Å². The van der Waals surface area contributed by atoms with E-state index in [1.165, 1.54) is 11.8 Å². The summed E-state index contributed by atoms with van der Waals surface area (Å²) in [6, 6.07) is 6.07. The van der Waals surface area contributed by atoms with E-state index in [-0.39, 0.29) is 11.9 Å². The number of fused-ring (bicyclic) bond motifs is 1. The van der Waals surface area contributed by atoms with Crippen molar-refractivity contribution in [3.8, 4) is 11.4 Å². The first kappa shape index (κ1) is 15.6. The third-order valence-corrected chi connectivity index (χ3v) is 4.55. The maximum atomic E-state index is 12.4. The Balaban J connectivity index is 1.55. The molecule has 0 saturated carbocycles. The fourth-order valence-corrected chi connectivity index (χ4v) is 3.17. The zero-order valence-electron chi connectivity index (χ0n) is 14.1. The van der Waals surface area contributed by atoms with Gasteiger partial charge < -0.3 is 14.4 Å². The lowest BCUT2D eigenvalue weighted by Crippen LogP contribution is -2.27. The molecule has 1 N–H and O–H groups in total. The second-order valence-corrected chi connectivity index (χ2v) is 6.14. The molecule has 1 atom stereocenters. The fourth-order valence-electron chi connectivity index (χ4n) is 3.17. The number of hydrogen-bond donors (Lipinski definition) is 1. The van der Waals surface area contributed by atoms with Crippen LogP contribution in [0.15, 0.2) is 33.4 Å². The van der Waals surface area contributed by atoms with Gasteiger partial charge in [-0.25, -0.2) is 0 Å². The van der Waals surface area contributed by atoms with Crippen molar-refractivity contribution in [2.75, 3.05) is 0 Å². The zero-order valence-corrected chi connectivity index (χ0v) is 14.1. The predicted molar refractivity (Wildman–Crippen MR) is 88.9 cm³/mol. The van der Waals surface area contributed by atoms with E-state index in [4.69, 9.17) is 9.05 Å². The first-order valence-corrected chi connectivity index (χ1v) is 8.33. The Bertz CT molecular complexity index is 928. The molecular weight excluding hydrogens is 320 g/mol. The lowest BCUT2D eigenvalue weighted by molar-refractivity contribution is 0.0935. The molecule has 0 saturated heterocycles. The van der Waals surface area contributed by atoms with Crippen LogP contribution in [0.25, 0.3) is 11.4 Å². The van der Waals surface area contributed by atoms with Gasteiger partial charge in [-0.15, -0.1) is 0 Å². The van der Waals surface area contributed by atoms with Gasteiger partial charge in [-0.3, -0.25) is 4.79 Å². The largest absolute Gasteiger partial charge is 0.361 e. The molecule has 1 unspecified atom stereocenters. The summed E-state index contributed by atoms with van der Waals surface area (Å²) in [5.41, 5.74) is 3.74. The first-order valence-electron chi connectivity index (χ1n) is 8.33. The van der Waals surface area contributed by atoms with Crippen molar-refractivity contribution in [3.63, 3.8) is 0 Å². The third kappa shape index (κ3) is 2.82. The quantitative estimate of drug-likeness (QED) is 0.786. The lowest BCUT2D eigenvalue weighted by atomic mass is 10.0. The second kappa shape index (κ2) is 6.16. The molecule has 0 aliphatic heterocycles. The summed E-state index contributed by atoms with van der Waals surface area (Å²) in [6.07, 6.45) is 3.93. The predicted octanol–water partition coefficient (Wildman–Crippen LogP) is 3.01. The molecule has 3 aromatic rings. The van der Waals surface area contributed by atoms with E-state index >= 15 is 0 Å². The normalized spacial score (nSPS) is 16.0. The highest BCUT2D eigenvalue weighted by Crippen LogP contribution is 2.34. The van der Waals surface area contributed by atoms with Gasteiger partial charge in [-0.05, 0) is 37.0 Å². The molecule has 2 aromatic heterocycles. The van der Waals surface area contributed by atoms with Crippen molar-refractivity contribution in [1.29, 1.82) is 0 Å². The molecule has 7 nitrogen and oxygen atoms in total. The van der Waals surface area contributed by atoms with Gasteiger partial charge in [0.1, 0.15) is 11.3 Å². The first-order chi connectivity index (χ1) is 12.2. The van der Waals surface area contributed by atoms with Gasteiger partial charge in [0.15, 0.2) is 0 Å². The molecule has 1 aromatic carbocycles. The Morgan fingerprint density at radius 3 is 2.96 bits per heavy atom. The Labute approximate surface area is 144 Å². The monoisotopic (exact) mass is 338 g/mol. The number of aromatic nitrogens is 3. The Morgan fingerprint density at radius 2 is 2.24 bits per heavy atom. The number of rotatable bonds is 4. The van der Waals surface area contributed by atoms with E-state index in [1.807, 2.05) is 19.1 Å². The summed E-state index contributed by atoms with van der Waals surface area (Å²) in [5, 5.41) is 10.7. The van der Waals surface area contributed by atoms with Crippen LogP contribution in [0, 0.1) is 6.92 Å². The van der Waals surface area contributed by atoms with Gasteiger partial charge >= 0.3 is 0 Å². The fraction of sp³-hybridized carbons (Fsp3) is 0.333. The Morgan fingerprint density at radius 1 is 1.36 bits per heavy atom. The van der Waals surface area contributed by atoms with Crippen LogP contribution in [-0.2, 0) is 12.8 Å². The van der Waals surface area contributed by atoms with Gasteiger partial charge in [0, 0.05) is 12.0 Å². The average molecular weight is 338 g/mol. The molecule has 0 spiro atoms. The van der Waals surface area contributed by atoms with Crippen LogP contribution in [-0.4, -0.2) is 21.2 Å². The summed E-state index contributed by atoms with van der Waals surface area (Å²) in [4.78, 5) is 16.7. The second-order valence-electron chi connectivity index (χ2n) is 6.14. The minimum absolute atomic E-state index is 0.0117. The number of carbonyl (C=O) groups excluding carboxylic acids is 1. The molecule has 4 rings (SSSR count). The van der Waals surface area contributed by atoms with Crippen molar-refractivity contribution in [2.45, 2.75) is 39.2 Å². The number of hydrogen-bond acceptors (Lipinski definition) is 6. The summed E-state index contributed by atoms with van der Waals surface area (Å²) in [5.74, 6) is 1.60. The van der Waals surface area contributed by atoms with Crippen LogP contribution in [0.4, 0.5) is 0 Å². The number of nitrogens with zero attached hydrogens (tertiary/aromatic N) is 3. The molecule has 2 heterocycles. The number of carbonyl (C=O) groups is 1. The Kier molecular flexibility index (Phi) is 3.83. The summed E-state index contributed by atoms with van der Waals surface area (Å²) in [7, 11) is 0.